The summed E-state index contributed by atoms with van der Waals surface area (Å²) in [6.45, 7) is 9.81. The van der Waals surface area contributed by atoms with Gasteiger partial charge in [-0.15, -0.1) is 0 Å². The van der Waals surface area contributed by atoms with E-state index < -0.39 is 6.10 Å². The number of carbonyl (C=O) groups is 1. The summed E-state index contributed by atoms with van der Waals surface area (Å²) in [5, 5.41) is 3.73. The van der Waals surface area contributed by atoms with Crippen molar-refractivity contribution < 1.29 is 9.53 Å². The Kier molecular flexibility index (Phi) is 8.04. The number of hydrogen-bond acceptors (Lipinski definition) is 3. The van der Waals surface area contributed by atoms with Gasteiger partial charge in [-0.25, -0.2) is 0 Å². The normalized spacial score (nSPS) is 17.0. The molecule has 0 saturated carbocycles. The molecule has 0 bridgehead atoms. The second-order valence-corrected chi connectivity index (χ2v) is 7.41. The third-order valence-corrected chi connectivity index (χ3v) is 5.34. The number of likely N-dealkylation sites (tertiary alicyclic amines) is 1. The van der Waals surface area contributed by atoms with E-state index in [4.69, 9.17) is 16.3 Å². The van der Waals surface area contributed by atoms with Crippen LogP contribution in [-0.2, 0) is 4.79 Å². The van der Waals surface area contributed by atoms with Crippen LogP contribution in [0, 0.1) is 13.8 Å². The van der Waals surface area contributed by atoms with Gasteiger partial charge in [-0.05, 0) is 82.9 Å². The lowest BCUT2D eigenvalue weighted by Crippen LogP contribution is -2.38. The van der Waals surface area contributed by atoms with Crippen LogP contribution in [0.15, 0.2) is 12.1 Å². The van der Waals surface area contributed by atoms with Crippen LogP contribution in [0.4, 0.5) is 0 Å². The third-order valence-electron chi connectivity index (χ3n) is 4.74. The van der Waals surface area contributed by atoms with E-state index in [1.807, 2.05) is 26.0 Å². The number of aryl methyl sites for hydroxylation is 2. The maximum atomic E-state index is 12.2. The number of nitrogens with one attached hydrogen (secondary N) is 1. The number of amides is 1. The molecule has 1 aliphatic rings. The highest BCUT2D eigenvalue weighted by atomic mass is 35.5. The van der Waals surface area contributed by atoms with Crippen LogP contribution in [0.5, 0.6) is 5.75 Å². The van der Waals surface area contributed by atoms with E-state index in [0.29, 0.717) is 12.3 Å². The molecule has 5 heteroatoms. The molecule has 0 aromatic heterocycles. The lowest BCUT2D eigenvalue weighted by Gasteiger charge is -2.20. The predicted molar refractivity (Wildman–Crippen MR) is 104 cm³/mol. The highest BCUT2D eigenvalue weighted by Crippen LogP contribution is 2.26. The van der Waals surface area contributed by atoms with Gasteiger partial charge in [-0.3, -0.25) is 4.79 Å². The second-order valence-electron chi connectivity index (χ2n) is 7.03. The van der Waals surface area contributed by atoms with Gasteiger partial charge in [0.1, 0.15) is 5.75 Å². The number of ether oxygens (including phenoxy) is 1. The van der Waals surface area contributed by atoms with Crippen molar-refractivity contribution in [3.05, 3.63) is 28.3 Å². The lowest BCUT2D eigenvalue weighted by atomic mass is 10.1. The average Bonchev–Trinajstić information content (AvgIpc) is 2.85. The van der Waals surface area contributed by atoms with Crippen molar-refractivity contribution in [3.63, 3.8) is 0 Å². The highest BCUT2D eigenvalue weighted by molar-refractivity contribution is 6.32. The number of halogens is 1. The van der Waals surface area contributed by atoms with E-state index in [2.05, 4.69) is 10.2 Å². The fourth-order valence-corrected chi connectivity index (χ4v) is 3.36. The monoisotopic (exact) mass is 366 g/mol. The standard InChI is InChI=1S/C20H31ClN2O2/c1-15-13-18(14-16(2)19(15)21)25-17(3)20(24)22-9-8-12-23-10-6-4-5-7-11-23/h13-14,17H,4-12H2,1-3H3,(H,22,24)/t17-/m1/s1. The van der Waals surface area contributed by atoms with E-state index in [-0.39, 0.29) is 5.91 Å². The molecule has 2 rings (SSSR count). The summed E-state index contributed by atoms with van der Waals surface area (Å²) >= 11 is 6.17. The van der Waals surface area contributed by atoms with Crippen LogP contribution in [0.1, 0.15) is 50.2 Å². The van der Waals surface area contributed by atoms with Crippen LogP contribution < -0.4 is 10.1 Å². The minimum absolute atomic E-state index is 0.0684. The molecule has 1 heterocycles. The van der Waals surface area contributed by atoms with E-state index in [0.717, 1.165) is 29.1 Å². The van der Waals surface area contributed by atoms with Crippen LogP contribution in [0.3, 0.4) is 0 Å². The van der Waals surface area contributed by atoms with Gasteiger partial charge in [0, 0.05) is 11.6 Å². The Hall–Kier alpha value is -1.26. The molecule has 1 fully saturated rings. The smallest absolute Gasteiger partial charge is 0.260 e. The van der Waals surface area contributed by atoms with E-state index in [9.17, 15) is 4.79 Å². The Morgan fingerprint density at radius 3 is 2.40 bits per heavy atom. The Balaban J connectivity index is 1.71. The Morgan fingerprint density at radius 1 is 1.20 bits per heavy atom. The second kappa shape index (κ2) is 10.0. The zero-order valence-corrected chi connectivity index (χ0v) is 16.5. The molecule has 25 heavy (non-hydrogen) atoms. The van der Waals surface area contributed by atoms with Crippen molar-refractivity contribution in [3.8, 4) is 5.75 Å². The molecule has 1 aromatic rings. The molecular formula is C20H31ClN2O2. The first-order valence-electron chi connectivity index (χ1n) is 9.41. The quantitative estimate of drug-likeness (QED) is 0.738. The van der Waals surface area contributed by atoms with Crippen molar-refractivity contribution in [1.82, 2.24) is 10.2 Å². The van der Waals surface area contributed by atoms with E-state index >= 15 is 0 Å². The molecule has 1 N–H and O–H groups in total. The molecule has 1 saturated heterocycles. The molecule has 1 aliphatic heterocycles. The number of benzene rings is 1. The van der Waals surface area contributed by atoms with Gasteiger partial charge < -0.3 is 15.0 Å². The number of carbonyl (C=O) groups excluding carboxylic acids is 1. The van der Waals surface area contributed by atoms with Gasteiger partial charge in [-0.2, -0.15) is 0 Å². The summed E-state index contributed by atoms with van der Waals surface area (Å²) in [5.74, 6) is 0.618. The first-order valence-corrected chi connectivity index (χ1v) is 9.78. The van der Waals surface area contributed by atoms with Gasteiger partial charge in [0.15, 0.2) is 6.10 Å². The number of nitrogens with zero attached hydrogens (tertiary/aromatic N) is 1. The van der Waals surface area contributed by atoms with Crippen LogP contribution in [0.2, 0.25) is 5.02 Å². The Labute approximate surface area is 156 Å². The fraction of sp³-hybridized carbons (Fsp3) is 0.650. The SMILES string of the molecule is Cc1cc(O[C@H](C)C(=O)NCCCN2CCCCCC2)cc(C)c1Cl. The lowest BCUT2D eigenvalue weighted by molar-refractivity contribution is -0.127. The average molecular weight is 367 g/mol. The van der Waals surface area contributed by atoms with Crippen LogP contribution in [-0.4, -0.2) is 43.1 Å². The summed E-state index contributed by atoms with van der Waals surface area (Å²) in [4.78, 5) is 14.7. The molecule has 0 spiro atoms. The van der Waals surface area contributed by atoms with Crippen LogP contribution >= 0.6 is 11.6 Å². The minimum atomic E-state index is -0.516. The van der Waals surface area contributed by atoms with Crippen molar-refractivity contribution in [2.45, 2.75) is 59.0 Å². The molecule has 4 nitrogen and oxygen atoms in total. The maximum absolute atomic E-state index is 12.2. The molecule has 0 unspecified atom stereocenters. The first kappa shape index (κ1) is 20.1. The molecule has 140 valence electrons. The fourth-order valence-electron chi connectivity index (χ4n) is 3.25. The van der Waals surface area contributed by atoms with E-state index in [1.54, 1.807) is 6.92 Å². The Morgan fingerprint density at radius 2 is 1.80 bits per heavy atom. The summed E-state index contributed by atoms with van der Waals surface area (Å²) in [6, 6.07) is 3.75. The Bertz CT molecular complexity index is 546. The molecular weight excluding hydrogens is 336 g/mol. The van der Waals surface area contributed by atoms with Gasteiger partial charge in [0.25, 0.3) is 5.91 Å². The predicted octanol–water partition coefficient (Wildman–Crippen LogP) is 4.11. The third kappa shape index (κ3) is 6.52. The van der Waals surface area contributed by atoms with Crippen molar-refractivity contribution in [2.24, 2.45) is 0 Å². The summed E-state index contributed by atoms with van der Waals surface area (Å²) in [7, 11) is 0. The zero-order chi connectivity index (χ0) is 18.2. The van der Waals surface area contributed by atoms with Gasteiger partial charge >= 0.3 is 0 Å². The molecule has 1 aromatic carbocycles. The molecule has 1 amide bonds. The van der Waals surface area contributed by atoms with Crippen LogP contribution in [0.25, 0.3) is 0 Å². The zero-order valence-electron chi connectivity index (χ0n) is 15.7. The van der Waals surface area contributed by atoms with E-state index in [1.165, 1.54) is 38.8 Å². The van der Waals surface area contributed by atoms with Crippen molar-refractivity contribution in [1.29, 1.82) is 0 Å². The largest absolute Gasteiger partial charge is 0.481 e. The first-order chi connectivity index (χ1) is 12.0. The topological polar surface area (TPSA) is 41.6 Å². The molecule has 1 atom stereocenters. The molecule has 0 aliphatic carbocycles. The van der Waals surface area contributed by atoms with Gasteiger partial charge in [0.2, 0.25) is 0 Å². The summed E-state index contributed by atoms with van der Waals surface area (Å²) in [5.41, 5.74) is 1.92. The minimum Gasteiger partial charge on any atom is -0.481 e. The number of hydrogen-bond donors (Lipinski definition) is 1. The summed E-state index contributed by atoms with van der Waals surface area (Å²) in [6.07, 6.45) is 5.78. The molecule has 0 radical (unpaired) electrons. The van der Waals surface area contributed by atoms with Gasteiger partial charge in [0.05, 0.1) is 0 Å². The van der Waals surface area contributed by atoms with Crippen molar-refractivity contribution >= 4 is 17.5 Å². The number of rotatable bonds is 7. The maximum Gasteiger partial charge on any atom is 0.260 e. The van der Waals surface area contributed by atoms with Crippen molar-refractivity contribution in [2.75, 3.05) is 26.2 Å². The van der Waals surface area contributed by atoms with Gasteiger partial charge in [-0.1, -0.05) is 24.4 Å². The summed E-state index contributed by atoms with van der Waals surface area (Å²) < 4.78 is 5.78. The highest BCUT2D eigenvalue weighted by Gasteiger charge is 2.15.